The van der Waals surface area contributed by atoms with Gasteiger partial charge in [-0.15, -0.1) is 0 Å². The number of thioether (sulfide) groups is 1. The molecule has 1 aromatic heterocycles. The van der Waals surface area contributed by atoms with E-state index in [4.69, 9.17) is 14.2 Å². The standard InChI is InChI=1S/C27H28N4O5S/c1-5-12-36-26(33)23-17(2)30-27-31(24(23)20-9-6-10-21(34-3)25(20)35-4)19(16-37-27)13-22(32)29-15-18-8-7-11-28-14-18/h5-11,14,16,24H,1,12-13,15H2,2-4H3,(H,29,32)/t24-/m1/s1. The van der Waals surface area contributed by atoms with Crippen molar-refractivity contribution >= 4 is 28.8 Å². The summed E-state index contributed by atoms with van der Waals surface area (Å²) >= 11 is 1.40. The number of hydrogen-bond donors (Lipinski definition) is 1. The number of benzene rings is 1. The maximum atomic E-state index is 13.3. The maximum absolute atomic E-state index is 13.3. The number of rotatable bonds is 10. The molecule has 2 aliphatic rings. The molecule has 0 bridgehead atoms. The average molecular weight is 521 g/mol. The SMILES string of the molecule is C=CCOC(=O)C1=C(C)N=C2SC=C(CC(=O)NCc3cccnc3)N2[C@@H]1c1cccc(OC)c1OC. The molecule has 10 heteroatoms. The zero-order chi connectivity index (χ0) is 26.4. The van der Waals surface area contributed by atoms with Crippen LogP contribution in [0.1, 0.15) is 30.5 Å². The van der Waals surface area contributed by atoms with Gasteiger partial charge >= 0.3 is 5.97 Å². The van der Waals surface area contributed by atoms with E-state index >= 15 is 0 Å². The Bertz CT molecular complexity index is 1290. The van der Waals surface area contributed by atoms with Crippen LogP contribution < -0.4 is 14.8 Å². The summed E-state index contributed by atoms with van der Waals surface area (Å²) in [6.45, 7) is 5.82. The van der Waals surface area contributed by atoms with Gasteiger partial charge in [-0.3, -0.25) is 9.78 Å². The van der Waals surface area contributed by atoms with Gasteiger partial charge in [0.2, 0.25) is 5.91 Å². The molecule has 3 heterocycles. The van der Waals surface area contributed by atoms with Crippen LogP contribution in [0.4, 0.5) is 0 Å². The van der Waals surface area contributed by atoms with Crippen molar-refractivity contribution in [3.8, 4) is 11.5 Å². The Hall–Kier alpha value is -4.05. The first-order chi connectivity index (χ1) is 18.0. The summed E-state index contributed by atoms with van der Waals surface area (Å²) in [5.74, 6) is 0.310. The van der Waals surface area contributed by atoms with Crippen LogP contribution in [0.25, 0.3) is 0 Å². The number of nitrogens with zero attached hydrogens (tertiary/aromatic N) is 3. The number of para-hydroxylation sites is 1. The number of pyridine rings is 1. The highest BCUT2D eigenvalue weighted by Gasteiger charge is 2.42. The summed E-state index contributed by atoms with van der Waals surface area (Å²) in [6, 6.07) is 8.55. The van der Waals surface area contributed by atoms with Crippen LogP contribution in [0, 0.1) is 0 Å². The number of aliphatic imine (C=N–C) groups is 1. The Labute approximate surface area is 219 Å². The molecule has 0 saturated carbocycles. The highest BCUT2D eigenvalue weighted by Crippen LogP contribution is 2.48. The van der Waals surface area contributed by atoms with Crippen molar-refractivity contribution in [3.05, 3.63) is 88.9 Å². The predicted molar refractivity (Wildman–Crippen MR) is 142 cm³/mol. The van der Waals surface area contributed by atoms with E-state index in [1.54, 1.807) is 39.6 Å². The van der Waals surface area contributed by atoms with Gasteiger partial charge in [0.1, 0.15) is 6.61 Å². The Balaban J connectivity index is 1.69. The number of carbonyl (C=O) groups is 2. The quantitative estimate of drug-likeness (QED) is 0.369. The van der Waals surface area contributed by atoms with Gasteiger partial charge in [-0.2, -0.15) is 0 Å². The molecule has 2 aromatic rings. The van der Waals surface area contributed by atoms with Gasteiger partial charge in [-0.25, -0.2) is 9.79 Å². The molecule has 2 aliphatic heterocycles. The number of ether oxygens (including phenoxy) is 3. The van der Waals surface area contributed by atoms with Gasteiger partial charge < -0.3 is 24.4 Å². The molecule has 0 saturated heterocycles. The van der Waals surface area contributed by atoms with Crippen LogP contribution in [0.3, 0.4) is 0 Å². The fraction of sp³-hybridized carbons (Fsp3) is 0.259. The minimum atomic E-state index is -0.651. The molecule has 0 radical (unpaired) electrons. The molecular weight excluding hydrogens is 492 g/mol. The molecule has 9 nitrogen and oxygen atoms in total. The topological polar surface area (TPSA) is 102 Å². The molecule has 0 unspecified atom stereocenters. The van der Waals surface area contributed by atoms with Gasteiger partial charge in [-0.1, -0.05) is 42.6 Å². The number of amidine groups is 1. The lowest BCUT2D eigenvalue weighted by molar-refractivity contribution is -0.138. The van der Waals surface area contributed by atoms with Crippen molar-refractivity contribution in [1.82, 2.24) is 15.2 Å². The maximum Gasteiger partial charge on any atom is 0.338 e. The van der Waals surface area contributed by atoms with Crippen LogP contribution in [-0.4, -0.2) is 47.8 Å². The molecule has 0 fully saturated rings. The fourth-order valence-electron chi connectivity index (χ4n) is 4.20. The summed E-state index contributed by atoms with van der Waals surface area (Å²) in [5.41, 5.74) is 3.16. The first-order valence-electron chi connectivity index (χ1n) is 11.6. The normalized spacial score (nSPS) is 16.4. The summed E-state index contributed by atoms with van der Waals surface area (Å²) in [5, 5.41) is 5.47. The number of esters is 1. The second-order valence-electron chi connectivity index (χ2n) is 8.18. The van der Waals surface area contributed by atoms with Crippen LogP contribution in [0.15, 0.2) is 82.7 Å². The molecule has 1 amide bonds. The monoisotopic (exact) mass is 520 g/mol. The third-order valence-electron chi connectivity index (χ3n) is 5.83. The molecule has 192 valence electrons. The molecular formula is C27H28N4O5S. The molecule has 37 heavy (non-hydrogen) atoms. The summed E-state index contributed by atoms with van der Waals surface area (Å²) < 4.78 is 16.7. The minimum absolute atomic E-state index is 0.0579. The van der Waals surface area contributed by atoms with E-state index < -0.39 is 12.0 Å². The van der Waals surface area contributed by atoms with Gasteiger partial charge in [0.25, 0.3) is 0 Å². The van der Waals surface area contributed by atoms with Crippen LogP contribution in [0.5, 0.6) is 11.5 Å². The third kappa shape index (κ3) is 5.54. The van der Waals surface area contributed by atoms with E-state index in [1.807, 2.05) is 34.6 Å². The molecule has 1 N–H and O–H groups in total. The smallest absolute Gasteiger partial charge is 0.338 e. The minimum Gasteiger partial charge on any atom is -0.493 e. The van der Waals surface area contributed by atoms with Crippen molar-refractivity contribution in [2.45, 2.75) is 25.9 Å². The molecule has 4 rings (SSSR count). The summed E-state index contributed by atoms with van der Waals surface area (Å²) in [6.07, 6.45) is 4.99. The number of carbonyl (C=O) groups excluding carboxylic acids is 2. The lowest BCUT2D eigenvalue weighted by atomic mass is 9.92. The largest absolute Gasteiger partial charge is 0.493 e. The van der Waals surface area contributed by atoms with Gasteiger partial charge in [0.15, 0.2) is 16.7 Å². The fourth-order valence-corrected chi connectivity index (χ4v) is 5.16. The van der Waals surface area contributed by atoms with Crippen LogP contribution in [0.2, 0.25) is 0 Å². The van der Waals surface area contributed by atoms with Crippen molar-refractivity contribution < 1.29 is 23.8 Å². The highest BCUT2D eigenvalue weighted by molar-refractivity contribution is 8.16. The summed E-state index contributed by atoms with van der Waals surface area (Å²) in [7, 11) is 3.10. The van der Waals surface area contributed by atoms with Crippen molar-refractivity contribution in [3.63, 3.8) is 0 Å². The zero-order valence-corrected chi connectivity index (χ0v) is 21.7. The summed E-state index contributed by atoms with van der Waals surface area (Å²) in [4.78, 5) is 36.8. The lowest BCUT2D eigenvalue weighted by Crippen LogP contribution is -2.38. The van der Waals surface area contributed by atoms with Crippen LogP contribution >= 0.6 is 11.8 Å². The Morgan fingerprint density at radius 1 is 1.22 bits per heavy atom. The van der Waals surface area contributed by atoms with Gasteiger partial charge in [0.05, 0.1) is 38.0 Å². The number of amides is 1. The molecule has 1 atom stereocenters. The second kappa shape index (κ2) is 11.8. The second-order valence-corrected chi connectivity index (χ2v) is 9.01. The van der Waals surface area contributed by atoms with E-state index in [0.29, 0.717) is 45.7 Å². The average Bonchev–Trinajstić information content (AvgIpc) is 3.31. The van der Waals surface area contributed by atoms with Crippen LogP contribution in [-0.2, 0) is 20.9 Å². The number of allylic oxidation sites excluding steroid dienone is 1. The third-order valence-corrected chi connectivity index (χ3v) is 6.72. The first kappa shape index (κ1) is 26.0. The number of nitrogens with one attached hydrogen (secondary N) is 1. The zero-order valence-electron chi connectivity index (χ0n) is 20.9. The number of hydrogen-bond acceptors (Lipinski definition) is 9. The predicted octanol–water partition coefficient (Wildman–Crippen LogP) is 4.11. The first-order valence-corrected chi connectivity index (χ1v) is 12.4. The Morgan fingerprint density at radius 3 is 2.76 bits per heavy atom. The highest BCUT2D eigenvalue weighted by atomic mass is 32.2. The molecule has 0 spiro atoms. The van der Waals surface area contributed by atoms with E-state index in [1.165, 1.54) is 17.8 Å². The number of fused-ring (bicyclic) bond motifs is 1. The number of methoxy groups -OCH3 is 2. The van der Waals surface area contributed by atoms with Gasteiger partial charge in [0, 0.05) is 30.2 Å². The Kier molecular flexibility index (Phi) is 8.29. The van der Waals surface area contributed by atoms with Crippen molar-refractivity contribution in [2.24, 2.45) is 4.99 Å². The van der Waals surface area contributed by atoms with Gasteiger partial charge in [-0.05, 0) is 30.0 Å². The molecule has 0 aliphatic carbocycles. The Morgan fingerprint density at radius 2 is 2.05 bits per heavy atom. The van der Waals surface area contributed by atoms with Crippen molar-refractivity contribution in [1.29, 1.82) is 0 Å². The van der Waals surface area contributed by atoms with Crippen molar-refractivity contribution in [2.75, 3.05) is 20.8 Å². The van der Waals surface area contributed by atoms with E-state index in [9.17, 15) is 9.59 Å². The van der Waals surface area contributed by atoms with E-state index in [-0.39, 0.29) is 18.9 Å². The molecule has 1 aromatic carbocycles. The van der Waals surface area contributed by atoms with E-state index in [0.717, 1.165) is 5.56 Å². The number of aromatic nitrogens is 1. The lowest BCUT2D eigenvalue weighted by Gasteiger charge is -2.37. The van der Waals surface area contributed by atoms with E-state index in [2.05, 4.69) is 21.9 Å².